The molecule has 1 rings (SSSR count). The molecule has 2 nitrogen and oxygen atoms in total. The van der Waals surface area contributed by atoms with Gasteiger partial charge in [0.1, 0.15) is 6.61 Å². The summed E-state index contributed by atoms with van der Waals surface area (Å²) in [4.78, 5) is 0. The Labute approximate surface area is 77.3 Å². The molecule has 0 aliphatic rings. The number of hydrogen-bond donors (Lipinski definition) is 0. The molecule has 0 spiro atoms. The molecule has 0 bridgehead atoms. The Hall–Kier alpha value is -1.09. The van der Waals surface area contributed by atoms with E-state index in [1.807, 2.05) is 6.92 Å². The molecular formula is C10H12FO2. The van der Waals surface area contributed by atoms with Crippen LogP contribution < -0.4 is 4.74 Å². The van der Waals surface area contributed by atoms with Crippen molar-refractivity contribution >= 4 is 0 Å². The monoisotopic (exact) mass is 183 g/mol. The normalized spacial score (nSPS) is 10.0. The van der Waals surface area contributed by atoms with E-state index in [1.54, 1.807) is 12.1 Å². The Balaban J connectivity index is 2.32. The Morgan fingerprint density at radius 3 is 3.00 bits per heavy atom. The van der Waals surface area contributed by atoms with Crippen LogP contribution in [0.25, 0.3) is 0 Å². The minimum atomic E-state index is -0.459. The third kappa shape index (κ3) is 3.42. The van der Waals surface area contributed by atoms with Crippen LogP contribution in [0.4, 0.5) is 4.39 Å². The second-order valence-corrected chi connectivity index (χ2v) is 2.39. The van der Waals surface area contributed by atoms with Crippen molar-refractivity contribution in [2.24, 2.45) is 0 Å². The van der Waals surface area contributed by atoms with Crippen molar-refractivity contribution in [2.75, 3.05) is 19.8 Å². The molecule has 71 valence electrons. The van der Waals surface area contributed by atoms with Gasteiger partial charge in [0.2, 0.25) is 0 Å². The molecule has 0 heterocycles. The summed E-state index contributed by atoms with van der Waals surface area (Å²) >= 11 is 0. The Bertz CT molecular complexity index is 250. The predicted molar refractivity (Wildman–Crippen MR) is 47.2 cm³/mol. The first-order valence-corrected chi connectivity index (χ1v) is 4.21. The molecule has 0 atom stereocenters. The van der Waals surface area contributed by atoms with E-state index in [2.05, 4.69) is 6.07 Å². The molecule has 0 fully saturated rings. The topological polar surface area (TPSA) is 18.5 Å². The smallest absolute Gasteiger partial charge is 0.172 e. The molecule has 0 saturated heterocycles. The number of ether oxygens (including phenoxy) is 2. The van der Waals surface area contributed by atoms with Crippen molar-refractivity contribution in [3.8, 4) is 5.75 Å². The number of benzene rings is 1. The molecule has 0 aliphatic heterocycles. The van der Waals surface area contributed by atoms with Crippen molar-refractivity contribution in [2.45, 2.75) is 6.92 Å². The van der Waals surface area contributed by atoms with E-state index in [9.17, 15) is 4.39 Å². The Kier molecular flexibility index (Phi) is 4.26. The van der Waals surface area contributed by atoms with Crippen LogP contribution in [0.3, 0.4) is 0 Å². The SMILES string of the molecule is CCOCCOc1ccc[c]c1F. The minimum absolute atomic E-state index is 0.224. The van der Waals surface area contributed by atoms with Crippen LogP contribution in [0.15, 0.2) is 18.2 Å². The lowest BCUT2D eigenvalue weighted by Crippen LogP contribution is -2.07. The van der Waals surface area contributed by atoms with Crippen molar-refractivity contribution in [1.29, 1.82) is 0 Å². The highest BCUT2D eigenvalue weighted by atomic mass is 19.1. The number of rotatable bonds is 5. The molecule has 0 amide bonds. The maximum atomic E-state index is 12.9. The summed E-state index contributed by atoms with van der Waals surface area (Å²) in [5, 5.41) is 0. The van der Waals surface area contributed by atoms with Crippen LogP contribution in [-0.4, -0.2) is 19.8 Å². The molecular weight excluding hydrogens is 171 g/mol. The molecule has 1 aromatic rings. The summed E-state index contributed by atoms with van der Waals surface area (Å²) in [6, 6.07) is 7.16. The lowest BCUT2D eigenvalue weighted by molar-refractivity contribution is 0.108. The van der Waals surface area contributed by atoms with E-state index < -0.39 is 5.82 Å². The first-order chi connectivity index (χ1) is 6.34. The Morgan fingerprint density at radius 2 is 2.31 bits per heavy atom. The Morgan fingerprint density at radius 1 is 1.46 bits per heavy atom. The molecule has 0 unspecified atom stereocenters. The predicted octanol–water partition coefficient (Wildman–Crippen LogP) is 2.04. The second-order valence-electron chi connectivity index (χ2n) is 2.39. The fraction of sp³-hybridized carbons (Fsp3) is 0.400. The molecule has 3 heteroatoms. The van der Waals surface area contributed by atoms with Crippen LogP contribution in [0.5, 0.6) is 5.75 Å². The van der Waals surface area contributed by atoms with Crippen LogP contribution in [0.2, 0.25) is 0 Å². The lowest BCUT2D eigenvalue weighted by atomic mass is 10.3. The summed E-state index contributed by atoms with van der Waals surface area (Å²) in [6.45, 7) is 3.39. The van der Waals surface area contributed by atoms with Crippen molar-refractivity contribution < 1.29 is 13.9 Å². The summed E-state index contributed by atoms with van der Waals surface area (Å²) in [6.07, 6.45) is 0. The summed E-state index contributed by atoms with van der Waals surface area (Å²) in [5.41, 5.74) is 0. The zero-order valence-corrected chi connectivity index (χ0v) is 7.55. The molecule has 1 aromatic carbocycles. The van der Waals surface area contributed by atoms with Gasteiger partial charge in [-0.15, -0.1) is 0 Å². The molecule has 0 aliphatic carbocycles. The number of hydrogen-bond acceptors (Lipinski definition) is 2. The average Bonchev–Trinajstić information content (AvgIpc) is 2.15. The van der Waals surface area contributed by atoms with Crippen LogP contribution in [0.1, 0.15) is 6.92 Å². The van der Waals surface area contributed by atoms with Crippen LogP contribution >= 0.6 is 0 Å². The largest absolute Gasteiger partial charge is 0.488 e. The highest BCUT2D eigenvalue weighted by molar-refractivity contribution is 5.22. The highest BCUT2D eigenvalue weighted by Gasteiger charge is 2.00. The third-order valence-corrected chi connectivity index (χ3v) is 1.46. The molecule has 0 saturated carbocycles. The van der Waals surface area contributed by atoms with Crippen molar-refractivity contribution in [1.82, 2.24) is 0 Å². The van der Waals surface area contributed by atoms with Gasteiger partial charge in [-0.3, -0.25) is 0 Å². The van der Waals surface area contributed by atoms with E-state index >= 15 is 0 Å². The van der Waals surface area contributed by atoms with Crippen molar-refractivity contribution in [3.05, 3.63) is 30.1 Å². The fourth-order valence-corrected chi connectivity index (χ4v) is 0.867. The van der Waals surface area contributed by atoms with Gasteiger partial charge >= 0.3 is 0 Å². The van der Waals surface area contributed by atoms with Gasteiger partial charge in [-0.25, -0.2) is 4.39 Å². The summed E-state index contributed by atoms with van der Waals surface area (Å²) in [5.74, 6) is -0.235. The van der Waals surface area contributed by atoms with Gasteiger partial charge in [0.15, 0.2) is 11.6 Å². The van der Waals surface area contributed by atoms with Gasteiger partial charge in [0.25, 0.3) is 0 Å². The standard InChI is InChI=1S/C10H12FO2/c1-2-12-7-8-13-10-6-4-3-5-9(10)11/h3-4,6H,2,7-8H2,1H3. The van der Waals surface area contributed by atoms with Gasteiger partial charge in [-0.1, -0.05) is 12.1 Å². The molecule has 0 N–H and O–H groups in total. The van der Waals surface area contributed by atoms with Crippen molar-refractivity contribution in [3.63, 3.8) is 0 Å². The lowest BCUT2D eigenvalue weighted by Gasteiger charge is -2.05. The summed E-state index contributed by atoms with van der Waals surface area (Å²) in [7, 11) is 0. The van der Waals surface area contributed by atoms with Gasteiger partial charge in [0.05, 0.1) is 6.61 Å². The van der Waals surface area contributed by atoms with E-state index in [1.165, 1.54) is 6.07 Å². The van der Waals surface area contributed by atoms with E-state index in [-0.39, 0.29) is 5.75 Å². The van der Waals surface area contributed by atoms with E-state index in [0.717, 1.165) is 0 Å². The first-order valence-electron chi connectivity index (χ1n) is 4.21. The zero-order valence-electron chi connectivity index (χ0n) is 7.55. The third-order valence-electron chi connectivity index (χ3n) is 1.46. The first kappa shape index (κ1) is 9.99. The van der Waals surface area contributed by atoms with Gasteiger partial charge in [0, 0.05) is 12.7 Å². The highest BCUT2D eigenvalue weighted by Crippen LogP contribution is 2.14. The second kappa shape index (κ2) is 5.54. The molecule has 0 aromatic heterocycles. The fourth-order valence-electron chi connectivity index (χ4n) is 0.867. The van der Waals surface area contributed by atoms with E-state index in [0.29, 0.717) is 19.8 Å². The maximum absolute atomic E-state index is 12.9. The summed E-state index contributed by atoms with van der Waals surface area (Å²) < 4.78 is 23.0. The van der Waals surface area contributed by atoms with Crippen LogP contribution in [0, 0.1) is 11.9 Å². The average molecular weight is 183 g/mol. The van der Waals surface area contributed by atoms with Gasteiger partial charge < -0.3 is 9.47 Å². The quantitative estimate of drug-likeness (QED) is 0.650. The molecule has 1 radical (unpaired) electrons. The van der Waals surface area contributed by atoms with Gasteiger partial charge in [-0.05, 0) is 13.0 Å². The number of halogens is 1. The molecule has 13 heavy (non-hydrogen) atoms. The zero-order chi connectivity index (χ0) is 9.52. The maximum Gasteiger partial charge on any atom is 0.172 e. The van der Waals surface area contributed by atoms with Crippen LogP contribution in [-0.2, 0) is 4.74 Å². The van der Waals surface area contributed by atoms with E-state index in [4.69, 9.17) is 9.47 Å². The minimum Gasteiger partial charge on any atom is -0.488 e. The van der Waals surface area contributed by atoms with Gasteiger partial charge in [-0.2, -0.15) is 0 Å².